The minimum absolute atomic E-state index is 0. The molecule has 2 heterocycles. The van der Waals surface area contributed by atoms with Gasteiger partial charge in [-0.25, -0.2) is 8.42 Å². The van der Waals surface area contributed by atoms with E-state index < -0.39 is 15.4 Å². The summed E-state index contributed by atoms with van der Waals surface area (Å²) in [6.45, 7) is 0. The molecule has 2 aromatic rings. The van der Waals surface area contributed by atoms with Gasteiger partial charge in [0.1, 0.15) is 6.10 Å². The Hall–Kier alpha value is -0.840. The smallest absolute Gasteiger partial charge is 0.748 e. The Kier molecular flexibility index (Phi) is 13.0. The maximum Gasteiger partial charge on any atom is 1.00 e. The summed E-state index contributed by atoms with van der Waals surface area (Å²) < 4.78 is 42.0. The van der Waals surface area contributed by atoms with Crippen LogP contribution in [-0.2, 0) is 37.3 Å². The van der Waals surface area contributed by atoms with Gasteiger partial charge in [0.2, 0.25) is 0 Å². The monoisotopic (exact) mass is 673 g/mol. The van der Waals surface area contributed by atoms with E-state index in [4.69, 9.17) is 20.1 Å². The fourth-order valence-electron chi connectivity index (χ4n) is 8.02. The van der Waals surface area contributed by atoms with Crippen molar-refractivity contribution < 1.29 is 56.8 Å². The van der Waals surface area contributed by atoms with E-state index in [1.807, 2.05) is 29.3 Å². The zero-order chi connectivity index (χ0) is 30.5. The van der Waals surface area contributed by atoms with E-state index in [9.17, 15) is 13.0 Å². The van der Waals surface area contributed by atoms with Crippen LogP contribution in [0.1, 0.15) is 138 Å². The Balaban J connectivity index is 0.00000400. The van der Waals surface area contributed by atoms with Gasteiger partial charge in [-0.2, -0.15) is 34.9 Å². The molecule has 6 atom stereocenters. The number of allylic oxidation sites excluding steroid dienone is 1. The number of aromatic nitrogens is 6. The first-order chi connectivity index (χ1) is 21.4. The van der Waals surface area contributed by atoms with Gasteiger partial charge >= 0.3 is 29.6 Å². The van der Waals surface area contributed by atoms with Gasteiger partial charge in [0, 0.05) is 28.5 Å². The standard InChI is InChI=1S/C30H46N6O6S2.Na/c37-44(38,39)30-18-26(36-32-20-28(34-36)22-9-5-2-6-10-22)16-14-24(30)12-11-23-13-15-25(17-29(23)40-41-42-43)35-31-19-27(33-35)21-7-3-1-4-8-21;/h11-12,19-26,29-30,43H,1-10,13-18H2,(H,37,38,39);/q;+1. The molecular formula is C30H46N6NaO6S2+. The van der Waals surface area contributed by atoms with Crippen molar-refractivity contribution in [2.45, 2.75) is 138 Å². The van der Waals surface area contributed by atoms with Crippen LogP contribution in [0.25, 0.3) is 0 Å². The maximum absolute atomic E-state index is 12.5. The molecule has 45 heavy (non-hydrogen) atoms. The van der Waals surface area contributed by atoms with Crippen molar-refractivity contribution in [2.75, 3.05) is 0 Å². The molecule has 0 N–H and O–H groups in total. The van der Waals surface area contributed by atoms with Gasteiger partial charge < -0.3 is 4.55 Å². The van der Waals surface area contributed by atoms with Crippen LogP contribution in [0.4, 0.5) is 0 Å². The van der Waals surface area contributed by atoms with E-state index in [1.165, 1.54) is 51.4 Å². The van der Waals surface area contributed by atoms with Crippen LogP contribution in [0.2, 0.25) is 0 Å². The molecule has 0 aliphatic heterocycles. The quantitative estimate of drug-likeness (QED) is 0.0917. The third-order valence-electron chi connectivity index (χ3n) is 10.6. The molecule has 4 saturated carbocycles. The van der Waals surface area contributed by atoms with E-state index in [-0.39, 0.29) is 66.0 Å². The Bertz CT molecular complexity index is 1350. The SMILES string of the molecule is O=S(=O)([O-])C1CC(n2ncc(C3CCCCC3)n2)CCC1C=CC1CCC(n2ncc(C3CCCCC3)n2)CC1OOO[SH2+].[Na+]. The number of rotatable bonds is 10. The van der Waals surface area contributed by atoms with Gasteiger partial charge in [0.05, 0.1) is 51.2 Å². The fraction of sp³-hybridized carbons (Fsp3) is 0.800. The number of hydrogen-bond acceptors (Lipinski definition) is 10. The Morgan fingerprint density at radius 1 is 0.756 bits per heavy atom. The van der Waals surface area contributed by atoms with Crippen LogP contribution < -0.4 is 29.6 Å². The van der Waals surface area contributed by atoms with E-state index >= 15 is 0 Å². The maximum atomic E-state index is 12.5. The summed E-state index contributed by atoms with van der Waals surface area (Å²) in [6.07, 6.45) is 23.0. The zero-order valence-corrected chi connectivity index (χ0v) is 30.1. The van der Waals surface area contributed by atoms with Crippen molar-refractivity contribution in [3.8, 4) is 0 Å². The normalized spacial score (nSPS) is 30.8. The molecule has 12 nitrogen and oxygen atoms in total. The van der Waals surface area contributed by atoms with Crippen molar-refractivity contribution >= 4 is 23.0 Å². The third kappa shape index (κ3) is 9.00. The average Bonchev–Trinajstić information content (AvgIpc) is 3.75. The molecule has 4 fully saturated rings. The topological polar surface area (TPSA) is 146 Å². The number of nitrogens with zero attached hydrogens (tertiary/aromatic N) is 6. The summed E-state index contributed by atoms with van der Waals surface area (Å²) in [4.78, 5) is 9.07. The summed E-state index contributed by atoms with van der Waals surface area (Å²) in [6, 6.07) is -0.160. The summed E-state index contributed by atoms with van der Waals surface area (Å²) in [5.41, 5.74) is 2.06. The summed E-state index contributed by atoms with van der Waals surface area (Å²) in [5.74, 6) is 0.458. The first-order valence-corrected chi connectivity index (χ1v) is 18.4. The average molecular weight is 674 g/mol. The Morgan fingerprint density at radius 3 is 1.80 bits per heavy atom. The molecule has 4 aliphatic rings. The molecule has 0 spiro atoms. The minimum atomic E-state index is -4.53. The Labute approximate surface area is 293 Å². The van der Waals surface area contributed by atoms with Gasteiger partial charge in [0.15, 0.2) is 12.9 Å². The minimum Gasteiger partial charge on any atom is -0.748 e. The van der Waals surface area contributed by atoms with E-state index in [0.717, 1.165) is 37.1 Å². The summed E-state index contributed by atoms with van der Waals surface area (Å²) in [5, 5.41) is 22.5. The zero-order valence-electron chi connectivity index (χ0n) is 26.3. The van der Waals surface area contributed by atoms with Gasteiger partial charge in [-0.1, -0.05) is 50.7 Å². The van der Waals surface area contributed by atoms with Crippen molar-refractivity contribution in [2.24, 2.45) is 11.8 Å². The van der Waals surface area contributed by atoms with Crippen LogP contribution in [0.3, 0.4) is 0 Å². The first-order valence-electron chi connectivity index (χ1n) is 16.5. The van der Waals surface area contributed by atoms with Crippen molar-refractivity contribution in [1.29, 1.82) is 0 Å². The summed E-state index contributed by atoms with van der Waals surface area (Å²) in [7, 11) is -4.53. The molecule has 0 radical (unpaired) electrons. The van der Waals surface area contributed by atoms with E-state index in [0.29, 0.717) is 31.1 Å². The van der Waals surface area contributed by atoms with Crippen molar-refractivity contribution in [1.82, 2.24) is 30.0 Å². The predicted octanol–water partition coefficient (Wildman–Crippen LogP) is 2.00. The molecule has 0 saturated heterocycles. The van der Waals surface area contributed by atoms with Crippen molar-refractivity contribution in [3.05, 3.63) is 35.9 Å². The molecule has 0 aromatic carbocycles. The molecule has 6 unspecified atom stereocenters. The van der Waals surface area contributed by atoms with Crippen LogP contribution in [-0.4, -0.2) is 54.3 Å². The fourth-order valence-corrected chi connectivity index (χ4v) is 9.17. The van der Waals surface area contributed by atoms with Crippen molar-refractivity contribution in [3.63, 3.8) is 0 Å². The largest absolute Gasteiger partial charge is 1.00 e. The second-order valence-electron chi connectivity index (χ2n) is 13.3. The molecular weight excluding hydrogens is 627 g/mol. The van der Waals surface area contributed by atoms with Crippen LogP contribution in [0.5, 0.6) is 0 Å². The van der Waals surface area contributed by atoms with Crippen LogP contribution in [0, 0.1) is 11.8 Å². The third-order valence-corrected chi connectivity index (χ3v) is 11.9. The molecule has 0 bridgehead atoms. The first kappa shape index (κ1) is 35.5. The van der Waals surface area contributed by atoms with E-state index in [1.54, 1.807) is 4.80 Å². The van der Waals surface area contributed by atoms with Crippen LogP contribution >= 0.6 is 0 Å². The molecule has 244 valence electrons. The predicted molar refractivity (Wildman–Crippen MR) is 164 cm³/mol. The molecule has 0 amide bonds. The van der Waals surface area contributed by atoms with E-state index in [2.05, 4.69) is 27.4 Å². The van der Waals surface area contributed by atoms with Gasteiger partial charge in [-0.05, 0) is 68.7 Å². The van der Waals surface area contributed by atoms with Crippen LogP contribution in [0.15, 0.2) is 24.5 Å². The second kappa shape index (κ2) is 16.5. The summed E-state index contributed by atoms with van der Waals surface area (Å²) >= 11 is 2.83. The molecule has 6 rings (SSSR count). The number of hydrogen-bond donors (Lipinski definition) is 0. The van der Waals surface area contributed by atoms with Gasteiger partial charge in [-0.3, -0.25) is 0 Å². The molecule has 15 heteroatoms. The molecule has 2 aromatic heterocycles. The van der Waals surface area contributed by atoms with Gasteiger partial charge in [0.25, 0.3) is 0 Å². The Morgan fingerprint density at radius 2 is 1.27 bits per heavy atom. The second-order valence-corrected chi connectivity index (χ2v) is 15.1. The van der Waals surface area contributed by atoms with Gasteiger partial charge in [-0.15, -0.1) is 0 Å². The molecule has 4 aliphatic carbocycles.